The molecule has 1 saturated heterocycles. The molecule has 1 N–H and O–H groups in total. The first kappa shape index (κ1) is 24.2. The Labute approximate surface area is 201 Å². The number of likely N-dealkylation sites (tertiary alicyclic amines) is 1. The second kappa shape index (κ2) is 10.5. The maximum absolute atomic E-state index is 13.4. The van der Waals surface area contributed by atoms with Crippen LogP contribution in [-0.4, -0.2) is 52.1 Å². The predicted octanol–water partition coefficient (Wildman–Crippen LogP) is 3.11. The molecule has 1 aromatic carbocycles. The number of aryl methyl sites for hydroxylation is 1. The Morgan fingerprint density at radius 1 is 1.03 bits per heavy atom. The molecule has 4 amide bonds. The molecule has 3 atom stereocenters. The van der Waals surface area contributed by atoms with E-state index in [2.05, 4.69) is 5.32 Å². The van der Waals surface area contributed by atoms with Crippen molar-refractivity contribution in [3.63, 3.8) is 0 Å². The Hall–Kier alpha value is -2.96. The van der Waals surface area contributed by atoms with Crippen molar-refractivity contribution in [2.75, 3.05) is 6.54 Å². The average molecular weight is 466 g/mol. The second-order valence-electron chi connectivity index (χ2n) is 9.91. The van der Waals surface area contributed by atoms with Crippen molar-refractivity contribution < 1.29 is 19.2 Å². The molecule has 1 saturated carbocycles. The number of nitrogens with zero attached hydrogens (tertiary/aromatic N) is 2. The minimum atomic E-state index is -0.647. The summed E-state index contributed by atoms with van der Waals surface area (Å²) in [6, 6.07) is 7.41. The van der Waals surface area contributed by atoms with E-state index in [9.17, 15) is 19.2 Å². The number of carbonyl (C=O) groups is 4. The summed E-state index contributed by atoms with van der Waals surface area (Å²) in [6.45, 7) is 4.12. The number of rotatable bonds is 8. The van der Waals surface area contributed by atoms with Gasteiger partial charge in [0.15, 0.2) is 0 Å². The predicted molar refractivity (Wildman–Crippen MR) is 128 cm³/mol. The van der Waals surface area contributed by atoms with Crippen LogP contribution in [0.25, 0.3) is 0 Å². The third kappa shape index (κ3) is 5.24. The van der Waals surface area contributed by atoms with Crippen LogP contribution in [-0.2, 0) is 25.7 Å². The number of hydrogen-bond acceptors (Lipinski definition) is 4. The molecule has 7 nitrogen and oxygen atoms in total. The molecule has 1 heterocycles. The van der Waals surface area contributed by atoms with Crippen LogP contribution in [0.4, 0.5) is 0 Å². The van der Waals surface area contributed by atoms with Crippen LogP contribution in [0.15, 0.2) is 36.4 Å². The number of allylic oxidation sites excluding steroid dienone is 2. The quantitative estimate of drug-likeness (QED) is 0.472. The van der Waals surface area contributed by atoms with E-state index < -0.39 is 6.04 Å². The number of benzene rings is 1. The van der Waals surface area contributed by atoms with Crippen LogP contribution in [0, 0.1) is 18.8 Å². The smallest absolute Gasteiger partial charge is 0.242 e. The number of fused-ring (bicyclic) bond motifs is 1. The Kier molecular flexibility index (Phi) is 7.49. The maximum atomic E-state index is 13.4. The van der Waals surface area contributed by atoms with Crippen molar-refractivity contribution in [2.24, 2.45) is 11.8 Å². The first-order valence-electron chi connectivity index (χ1n) is 12.5. The van der Waals surface area contributed by atoms with E-state index in [1.807, 2.05) is 43.3 Å². The lowest BCUT2D eigenvalue weighted by Gasteiger charge is -2.30. The summed E-state index contributed by atoms with van der Waals surface area (Å²) in [7, 11) is 0. The first-order valence-corrected chi connectivity index (χ1v) is 12.5. The fourth-order valence-corrected chi connectivity index (χ4v) is 5.31. The molecule has 0 unspecified atom stereocenters. The summed E-state index contributed by atoms with van der Waals surface area (Å²) >= 11 is 0. The zero-order valence-electron chi connectivity index (χ0n) is 20.2. The van der Waals surface area contributed by atoms with E-state index in [4.69, 9.17) is 0 Å². The average Bonchev–Trinajstić information content (AvgIpc) is 3.43. The van der Waals surface area contributed by atoms with Crippen LogP contribution in [0.1, 0.15) is 63.0 Å². The fourth-order valence-electron chi connectivity index (χ4n) is 5.31. The maximum Gasteiger partial charge on any atom is 0.242 e. The van der Waals surface area contributed by atoms with Crippen molar-refractivity contribution in [2.45, 2.75) is 77.4 Å². The van der Waals surface area contributed by atoms with E-state index in [0.29, 0.717) is 19.4 Å². The molecule has 0 bridgehead atoms. The van der Waals surface area contributed by atoms with Crippen LogP contribution in [0.2, 0.25) is 0 Å². The lowest BCUT2D eigenvalue weighted by atomic mass is 9.85. The highest BCUT2D eigenvalue weighted by molar-refractivity contribution is 6.05. The second-order valence-corrected chi connectivity index (χ2v) is 9.91. The Balaban J connectivity index is 1.44. The minimum Gasteiger partial charge on any atom is -0.352 e. The highest BCUT2D eigenvalue weighted by atomic mass is 16.2. The van der Waals surface area contributed by atoms with Crippen LogP contribution in [0.3, 0.4) is 0 Å². The van der Waals surface area contributed by atoms with E-state index in [1.165, 1.54) is 4.90 Å². The normalized spacial score (nSPS) is 23.2. The van der Waals surface area contributed by atoms with Crippen LogP contribution in [0.5, 0.6) is 0 Å². The summed E-state index contributed by atoms with van der Waals surface area (Å²) in [6.07, 6.45) is 9.25. The van der Waals surface area contributed by atoms with E-state index >= 15 is 0 Å². The zero-order valence-corrected chi connectivity index (χ0v) is 20.2. The highest BCUT2D eigenvalue weighted by Crippen LogP contribution is 2.35. The SMILES string of the molecule is Cc1ccc(CN(C(=O)CCN2C(=O)[C@H]3CC=CC[C@H]3C2=O)[C@@H](C)C(=O)NC2CCCC2)cc1. The number of imide groups is 1. The number of carbonyl (C=O) groups excluding carboxylic acids is 4. The van der Waals surface area contributed by atoms with Gasteiger partial charge in [-0.2, -0.15) is 0 Å². The van der Waals surface area contributed by atoms with Gasteiger partial charge >= 0.3 is 0 Å². The first-order chi connectivity index (χ1) is 16.3. The summed E-state index contributed by atoms with van der Waals surface area (Å²) in [5.41, 5.74) is 2.06. The van der Waals surface area contributed by atoms with Gasteiger partial charge in [0.05, 0.1) is 11.8 Å². The molecule has 0 spiro atoms. The Bertz CT molecular complexity index is 939. The van der Waals surface area contributed by atoms with Gasteiger partial charge in [0.25, 0.3) is 0 Å². The van der Waals surface area contributed by atoms with Crippen molar-refractivity contribution in [1.29, 1.82) is 0 Å². The molecule has 2 fully saturated rings. The minimum absolute atomic E-state index is 0.0112. The Morgan fingerprint density at radius 3 is 2.21 bits per heavy atom. The van der Waals surface area contributed by atoms with Crippen molar-refractivity contribution in [3.05, 3.63) is 47.5 Å². The van der Waals surface area contributed by atoms with Gasteiger partial charge in [0.1, 0.15) is 6.04 Å². The van der Waals surface area contributed by atoms with E-state index in [1.54, 1.807) is 11.8 Å². The largest absolute Gasteiger partial charge is 0.352 e. The number of nitrogens with one attached hydrogen (secondary N) is 1. The number of hydrogen-bond donors (Lipinski definition) is 1. The fraction of sp³-hybridized carbons (Fsp3) is 0.556. The molecule has 0 radical (unpaired) electrons. The van der Waals surface area contributed by atoms with Crippen LogP contribution >= 0.6 is 0 Å². The van der Waals surface area contributed by atoms with Gasteiger partial charge in [-0.25, -0.2) is 0 Å². The molecule has 1 aromatic rings. The van der Waals surface area contributed by atoms with Gasteiger partial charge in [0.2, 0.25) is 23.6 Å². The molecule has 182 valence electrons. The van der Waals surface area contributed by atoms with Gasteiger partial charge in [-0.3, -0.25) is 24.1 Å². The van der Waals surface area contributed by atoms with Gasteiger partial charge in [-0.05, 0) is 45.1 Å². The molecule has 4 rings (SSSR count). The van der Waals surface area contributed by atoms with Gasteiger partial charge in [-0.15, -0.1) is 0 Å². The lowest BCUT2D eigenvalue weighted by Crippen LogP contribution is -2.50. The lowest BCUT2D eigenvalue weighted by molar-refractivity contribution is -0.144. The van der Waals surface area contributed by atoms with E-state index in [0.717, 1.165) is 36.8 Å². The third-order valence-electron chi connectivity index (χ3n) is 7.49. The Morgan fingerprint density at radius 2 is 1.62 bits per heavy atom. The van der Waals surface area contributed by atoms with Gasteiger partial charge in [-0.1, -0.05) is 54.8 Å². The summed E-state index contributed by atoms with van der Waals surface area (Å²) < 4.78 is 0. The number of amides is 4. The van der Waals surface area contributed by atoms with Crippen LogP contribution < -0.4 is 5.32 Å². The molecule has 0 aromatic heterocycles. The molecule has 34 heavy (non-hydrogen) atoms. The monoisotopic (exact) mass is 465 g/mol. The van der Waals surface area contributed by atoms with Crippen molar-refractivity contribution in [1.82, 2.24) is 15.1 Å². The molecule has 2 aliphatic carbocycles. The highest BCUT2D eigenvalue weighted by Gasteiger charge is 2.47. The molecule has 7 heteroatoms. The molecule has 1 aliphatic heterocycles. The summed E-state index contributed by atoms with van der Waals surface area (Å²) in [4.78, 5) is 54.7. The standard InChI is InChI=1S/C27H35N3O4/c1-18-11-13-20(14-12-18)17-30(19(2)25(32)28-21-7-3-4-8-21)24(31)15-16-29-26(33)22-9-5-6-10-23(22)27(29)34/h5-6,11-14,19,21-23H,3-4,7-10,15-17H2,1-2H3,(H,28,32)/t19-,22-,23+/m0/s1. The molecular weight excluding hydrogens is 430 g/mol. The summed E-state index contributed by atoms with van der Waals surface area (Å²) in [5.74, 6) is -1.34. The van der Waals surface area contributed by atoms with Gasteiger partial charge < -0.3 is 10.2 Å². The third-order valence-corrected chi connectivity index (χ3v) is 7.49. The molecule has 3 aliphatic rings. The zero-order chi connectivity index (χ0) is 24.2. The van der Waals surface area contributed by atoms with Gasteiger partial charge in [0, 0.05) is 25.6 Å². The van der Waals surface area contributed by atoms with E-state index in [-0.39, 0.29) is 54.5 Å². The van der Waals surface area contributed by atoms with Crippen molar-refractivity contribution in [3.8, 4) is 0 Å². The topological polar surface area (TPSA) is 86.8 Å². The summed E-state index contributed by atoms with van der Waals surface area (Å²) in [5, 5.41) is 3.10. The van der Waals surface area contributed by atoms with Crippen molar-refractivity contribution >= 4 is 23.6 Å². The molecular formula is C27H35N3O4.